The van der Waals surface area contributed by atoms with E-state index in [-0.39, 0.29) is 23.8 Å². The zero-order valence-corrected chi connectivity index (χ0v) is 15.2. The van der Waals surface area contributed by atoms with Crippen molar-refractivity contribution < 1.29 is 9.72 Å². The molecule has 0 aliphatic carbocycles. The first-order valence-corrected chi connectivity index (χ1v) is 9.14. The summed E-state index contributed by atoms with van der Waals surface area (Å²) in [4.78, 5) is 27.4. The number of nitrogens with one attached hydrogen (secondary N) is 1. The van der Waals surface area contributed by atoms with Crippen molar-refractivity contribution in [3.8, 4) is 0 Å². The van der Waals surface area contributed by atoms with Crippen LogP contribution in [0.1, 0.15) is 12.0 Å². The van der Waals surface area contributed by atoms with E-state index >= 15 is 0 Å². The summed E-state index contributed by atoms with van der Waals surface area (Å²) in [6, 6.07) is 16.6. The van der Waals surface area contributed by atoms with Crippen molar-refractivity contribution in [1.82, 2.24) is 9.80 Å². The van der Waals surface area contributed by atoms with Gasteiger partial charge >= 0.3 is 0 Å². The van der Waals surface area contributed by atoms with Crippen LogP contribution in [0.2, 0.25) is 0 Å². The average molecular weight is 368 g/mol. The lowest BCUT2D eigenvalue weighted by atomic mass is 10.2. The highest BCUT2D eigenvalue weighted by Gasteiger charge is 2.19. The van der Waals surface area contributed by atoms with E-state index in [0.717, 1.165) is 39.1 Å². The molecule has 2 aromatic rings. The first-order valence-electron chi connectivity index (χ1n) is 9.14. The number of anilines is 1. The lowest BCUT2D eigenvalue weighted by Crippen LogP contribution is -2.36. The van der Waals surface area contributed by atoms with Gasteiger partial charge in [0.15, 0.2) is 0 Å². The molecule has 7 nitrogen and oxygen atoms in total. The summed E-state index contributed by atoms with van der Waals surface area (Å²) in [6.07, 6.45) is 0.992. The van der Waals surface area contributed by atoms with Crippen LogP contribution in [-0.2, 0) is 11.3 Å². The van der Waals surface area contributed by atoms with E-state index < -0.39 is 4.92 Å². The predicted octanol–water partition coefficient (Wildman–Crippen LogP) is 2.74. The normalized spacial score (nSPS) is 15.9. The Bertz CT molecular complexity index is 782. The third-order valence-corrected chi connectivity index (χ3v) is 4.67. The average Bonchev–Trinajstić information content (AvgIpc) is 2.88. The second kappa shape index (κ2) is 9.25. The van der Waals surface area contributed by atoms with Crippen LogP contribution in [-0.4, -0.2) is 53.4 Å². The molecule has 0 atom stereocenters. The number of rotatable bonds is 6. The number of carbonyl (C=O) groups excluding carboxylic acids is 1. The molecular weight excluding hydrogens is 344 g/mol. The molecule has 1 fully saturated rings. The number of carbonyl (C=O) groups is 1. The number of hydrogen-bond donors (Lipinski definition) is 1. The molecule has 1 aliphatic heterocycles. The lowest BCUT2D eigenvalue weighted by molar-refractivity contribution is -0.383. The van der Waals surface area contributed by atoms with Crippen LogP contribution in [0.25, 0.3) is 0 Å². The highest BCUT2D eigenvalue weighted by Crippen LogP contribution is 2.23. The first-order chi connectivity index (χ1) is 13.1. The number of nitrogens with zero attached hydrogens (tertiary/aromatic N) is 3. The van der Waals surface area contributed by atoms with Gasteiger partial charge in [0.1, 0.15) is 5.69 Å². The molecule has 1 saturated heterocycles. The minimum atomic E-state index is -0.483. The van der Waals surface area contributed by atoms with Gasteiger partial charge in [0.05, 0.1) is 11.5 Å². The van der Waals surface area contributed by atoms with Gasteiger partial charge < -0.3 is 5.32 Å². The largest absolute Gasteiger partial charge is 0.319 e. The first kappa shape index (κ1) is 19.0. The molecule has 0 spiro atoms. The van der Waals surface area contributed by atoms with Crippen LogP contribution in [0.3, 0.4) is 0 Å². The zero-order valence-electron chi connectivity index (χ0n) is 15.2. The molecular formula is C20H24N4O3. The predicted molar refractivity (Wildman–Crippen MR) is 105 cm³/mol. The van der Waals surface area contributed by atoms with E-state index in [2.05, 4.69) is 27.2 Å². The maximum absolute atomic E-state index is 12.4. The lowest BCUT2D eigenvalue weighted by Gasteiger charge is -2.21. The van der Waals surface area contributed by atoms with Gasteiger partial charge in [-0.05, 0) is 31.1 Å². The van der Waals surface area contributed by atoms with Gasteiger partial charge in [0.2, 0.25) is 5.91 Å². The van der Waals surface area contributed by atoms with Gasteiger partial charge in [-0.1, -0.05) is 42.5 Å². The Morgan fingerprint density at radius 1 is 0.963 bits per heavy atom. The van der Waals surface area contributed by atoms with Gasteiger partial charge in [-0.15, -0.1) is 0 Å². The van der Waals surface area contributed by atoms with E-state index in [1.165, 1.54) is 11.6 Å². The Kier molecular flexibility index (Phi) is 6.51. The Hall–Kier alpha value is -2.77. The molecule has 7 heteroatoms. The van der Waals surface area contributed by atoms with Crippen molar-refractivity contribution in [1.29, 1.82) is 0 Å². The molecule has 3 rings (SSSR count). The molecule has 0 bridgehead atoms. The Morgan fingerprint density at radius 2 is 1.63 bits per heavy atom. The fourth-order valence-corrected chi connectivity index (χ4v) is 3.31. The number of nitro benzene ring substituents is 1. The van der Waals surface area contributed by atoms with Crippen LogP contribution in [0.4, 0.5) is 11.4 Å². The maximum atomic E-state index is 12.4. The highest BCUT2D eigenvalue weighted by molar-refractivity contribution is 5.94. The minimum Gasteiger partial charge on any atom is -0.319 e. The number of nitro groups is 1. The number of benzene rings is 2. The highest BCUT2D eigenvalue weighted by atomic mass is 16.6. The third kappa shape index (κ3) is 5.60. The van der Waals surface area contributed by atoms with Gasteiger partial charge in [0, 0.05) is 25.7 Å². The molecule has 0 unspecified atom stereocenters. The van der Waals surface area contributed by atoms with Crippen LogP contribution < -0.4 is 5.32 Å². The molecule has 1 aliphatic rings. The summed E-state index contributed by atoms with van der Waals surface area (Å²) in [5.74, 6) is -0.221. The second-order valence-electron chi connectivity index (χ2n) is 6.71. The topological polar surface area (TPSA) is 78.7 Å². The van der Waals surface area contributed by atoms with Crippen LogP contribution in [0.15, 0.2) is 54.6 Å². The van der Waals surface area contributed by atoms with E-state index in [1.807, 2.05) is 18.2 Å². The van der Waals surface area contributed by atoms with Crippen LogP contribution in [0, 0.1) is 10.1 Å². The SMILES string of the molecule is O=C(CN1CCCN(Cc2ccccc2)CC1)Nc1ccccc1[N+](=O)[O-]. The quantitative estimate of drug-likeness (QED) is 0.626. The minimum absolute atomic E-state index is 0.0873. The van der Waals surface area contributed by atoms with E-state index in [4.69, 9.17) is 0 Å². The van der Waals surface area contributed by atoms with Crippen LogP contribution >= 0.6 is 0 Å². The second-order valence-corrected chi connectivity index (χ2v) is 6.71. The van der Waals surface area contributed by atoms with Crippen molar-refractivity contribution >= 4 is 17.3 Å². The van der Waals surface area contributed by atoms with Crippen molar-refractivity contribution in [2.45, 2.75) is 13.0 Å². The summed E-state index contributed by atoms with van der Waals surface area (Å²) in [6.45, 7) is 4.69. The molecule has 0 aromatic heterocycles. The van der Waals surface area contributed by atoms with E-state index in [0.29, 0.717) is 0 Å². The Balaban J connectivity index is 1.51. The summed E-state index contributed by atoms with van der Waals surface area (Å²) >= 11 is 0. The number of hydrogen-bond acceptors (Lipinski definition) is 5. The molecule has 1 heterocycles. The molecule has 0 saturated carbocycles. The summed E-state index contributed by atoms with van der Waals surface area (Å²) in [5, 5.41) is 13.7. The Labute approximate surface area is 158 Å². The van der Waals surface area contributed by atoms with Gasteiger partial charge in [-0.2, -0.15) is 0 Å². The van der Waals surface area contributed by atoms with Gasteiger partial charge in [0.25, 0.3) is 5.69 Å². The third-order valence-electron chi connectivity index (χ3n) is 4.67. The summed E-state index contributed by atoms with van der Waals surface area (Å²) in [5.41, 5.74) is 1.45. The van der Waals surface area contributed by atoms with E-state index in [9.17, 15) is 14.9 Å². The standard InChI is InChI=1S/C20H24N4O3/c25-20(21-18-9-4-5-10-19(18)24(26)27)16-23-12-6-11-22(13-14-23)15-17-7-2-1-3-8-17/h1-5,7-10H,6,11-16H2,(H,21,25). The monoisotopic (exact) mass is 368 g/mol. The van der Waals surface area contributed by atoms with Crippen molar-refractivity contribution in [3.63, 3.8) is 0 Å². The molecule has 1 amide bonds. The van der Waals surface area contributed by atoms with Crippen molar-refractivity contribution in [2.75, 3.05) is 38.0 Å². The molecule has 142 valence electrons. The summed E-state index contributed by atoms with van der Waals surface area (Å²) in [7, 11) is 0. The fourth-order valence-electron chi connectivity index (χ4n) is 3.31. The Morgan fingerprint density at radius 3 is 2.41 bits per heavy atom. The van der Waals surface area contributed by atoms with Crippen molar-refractivity contribution in [3.05, 3.63) is 70.3 Å². The fraction of sp³-hybridized carbons (Fsp3) is 0.350. The molecule has 27 heavy (non-hydrogen) atoms. The van der Waals surface area contributed by atoms with E-state index in [1.54, 1.807) is 18.2 Å². The zero-order chi connectivity index (χ0) is 19.1. The smallest absolute Gasteiger partial charge is 0.292 e. The summed E-state index contributed by atoms with van der Waals surface area (Å²) < 4.78 is 0. The van der Waals surface area contributed by atoms with Crippen LogP contribution in [0.5, 0.6) is 0 Å². The van der Waals surface area contributed by atoms with Crippen molar-refractivity contribution in [2.24, 2.45) is 0 Å². The molecule has 0 radical (unpaired) electrons. The van der Waals surface area contributed by atoms with Gasteiger partial charge in [-0.25, -0.2) is 0 Å². The molecule has 2 aromatic carbocycles. The number of para-hydroxylation sites is 2. The molecule has 1 N–H and O–H groups in total. The van der Waals surface area contributed by atoms with Gasteiger partial charge in [-0.3, -0.25) is 24.7 Å². The number of amides is 1. The maximum Gasteiger partial charge on any atom is 0.292 e.